The molecule has 0 N–H and O–H groups in total. The van der Waals surface area contributed by atoms with E-state index in [1.54, 1.807) is 0 Å². The maximum absolute atomic E-state index is 11.9. The molecule has 5 fully saturated rings. The van der Waals surface area contributed by atoms with Crippen LogP contribution in [0.3, 0.4) is 0 Å². The molecule has 102 valence electrons. The van der Waals surface area contributed by atoms with E-state index in [0.29, 0.717) is 22.7 Å². The average Bonchev–Trinajstić information content (AvgIpc) is 3.26. The molecule has 5 aliphatic rings. The summed E-state index contributed by atoms with van der Waals surface area (Å²) in [5.41, 5.74) is 2.00. The largest absolute Gasteiger partial charge is 0.458 e. The first-order chi connectivity index (χ1) is 9.15. The van der Waals surface area contributed by atoms with Gasteiger partial charge in [-0.15, -0.1) is 0 Å². The number of hydrogen-bond acceptors (Lipinski definition) is 2. The number of carbonyl (C=O) groups excluding carboxylic acids is 1. The third kappa shape index (κ3) is 1.22. The molecular formula is C17H22O2. The number of ether oxygens (including phenoxy) is 1. The summed E-state index contributed by atoms with van der Waals surface area (Å²) in [6, 6.07) is 0. The molecule has 0 aromatic rings. The Morgan fingerprint density at radius 3 is 2.37 bits per heavy atom. The molecule has 2 spiro atoms. The fourth-order valence-electron chi connectivity index (χ4n) is 5.93. The van der Waals surface area contributed by atoms with Crippen molar-refractivity contribution < 1.29 is 9.53 Å². The normalized spacial score (nSPS) is 47.8. The Balaban J connectivity index is 1.60. The quantitative estimate of drug-likeness (QED) is 0.491. The number of rotatable bonds is 0. The predicted molar refractivity (Wildman–Crippen MR) is 71.3 cm³/mol. The molecule has 2 nitrogen and oxygen atoms in total. The molecule has 19 heavy (non-hydrogen) atoms. The fourth-order valence-corrected chi connectivity index (χ4v) is 5.93. The van der Waals surface area contributed by atoms with Gasteiger partial charge in [-0.1, -0.05) is 6.58 Å². The minimum Gasteiger partial charge on any atom is -0.458 e. The third-order valence-electron chi connectivity index (χ3n) is 7.32. The standard InChI is InChI=1S/C17H22O2/c1-10-11-2-4-16(6-7-16)12-3-5-17(8-9-17)13(12)14(11)19-15(10)18/h11-14H,1-9H2/t11?,12?,13?,14-/m0/s1. The lowest BCUT2D eigenvalue weighted by Crippen LogP contribution is -2.34. The number of fused-ring (bicyclic) bond motifs is 5. The summed E-state index contributed by atoms with van der Waals surface area (Å²) in [7, 11) is 0. The molecular weight excluding hydrogens is 236 g/mol. The van der Waals surface area contributed by atoms with Gasteiger partial charge in [-0.2, -0.15) is 0 Å². The summed E-state index contributed by atoms with van der Waals surface area (Å²) in [6.07, 6.45) is 11.1. The fraction of sp³-hybridized carbons (Fsp3) is 0.824. The van der Waals surface area contributed by atoms with E-state index in [1.807, 2.05) is 0 Å². The second-order valence-corrected chi connectivity index (χ2v) is 7.94. The van der Waals surface area contributed by atoms with E-state index >= 15 is 0 Å². The van der Waals surface area contributed by atoms with E-state index in [4.69, 9.17) is 4.74 Å². The lowest BCUT2D eigenvalue weighted by Gasteiger charge is -2.32. The molecule has 5 rings (SSSR count). The van der Waals surface area contributed by atoms with Crippen molar-refractivity contribution in [3.8, 4) is 0 Å². The molecule has 0 radical (unpaired) electrons. The highest BCUT2D eigenvalue weighted by molar-refractivity contribution is 5.90. The van der Waals surface area contributed by atoms with Crippen molar-refractivity contribution in [1.29, 1.82) is 0 Å². The molecule has 2 heteroatoms. The molecule has 3 unspecified atom stereocenters. The van der Waals surface area contributed by atoms with E-state index in [2.05, 4.69) is 6.58 Å². The van der Waals surface area contributed by atoms with Crippen LogP contribution in [0, 0.1) is 28.6 Å². The van der Waals surface area contributed by atoms with Crippen LogP contribution in [0.2, 0.25) is 0 Å². The zero-order valence-corrected chi connectivity index (χ0v) is 11.5. The molecule has 4 saturated carbocycles. The number of esters is 1. The van der Waals surface area contributed by atoms with Crippen LogP contribution in [0.25, 0.3) is 0 Å². The first kappa shape index (κ1) is 10.9. The van der Waals surface area contributed by atoms with Gasteiger partial charge < -0.3 is 4.74 Å². The van der Waals surface area contributed by atoms with Crippen LogP contribution in [-0.2, 0) is 9.53 Å². The van der Waals surface area contributed by atoms with Gasteiger partial charge in [0.25, 0.3) is 0 Å². The summed E-state index contributed by atoms with van der Waals surface area (Å²) in [4.78, 5) is 11.9. The Hall–Kier alpha value is -0.790. The SMILES string of the molecule is C=C1C(=O)O[C@H]2C1CCC1(CC1)C1CCC3(CC3)C12. The van der Waals surface area contributed by atoms with Gasteiger partial charge in [-0.3, -0.25) is 0 Å². The summed E-state index contributed by atoms with van der Waals surface area (Å²) in [5, 5.41) is 0. The minimum atomic E-state index is -0.0943. The van der Waals surface area contributed by atoms with Gasteiger partial charge in [-0.05, 0) is 68.1 Å². The van der Waals surface area contributed by atoms with Crippen LogP contribution in [0.15, 0.2) is 12.2 Å². The van der Waals surface area contributed by atoms with Gasteiger partial charge in [0.2, 0.25) is 0 Å². The highest BCUT2D eigenvalue weighted by atomic mass is 16.6. The van der Waals surface area contributed by atoms with Crippen molar-refractivity contribution in [2.75, 3.05) is 0 Å². The molecule has 0 bridgehead atoms. The monoisotopic (exact) mass is 258 g/mol. The highest BCUT2D eigenvalue weighted by Crippen LogP contribution is 2.74. The first-order valence-corrected chi connectivity index (χ1v) is 8.05. The second-order valence-electron chi connectivity index (χ2n) is 7.94. The number of carbonyl (C=O) groups is 1. The van der Waals surface area contributed by atoms with Gasteiger partial charge in [-0.25, -0.2) is 4.79 Å². The van der Waals surface area contributed by atoms with Gasteiger partial charge in [0, 0.05) is 17.4 Å². The van der Waals surface area contributed by atoms with Crippen molar-refractivity contribution in [1.82, 2.24) is 0 Å². The van der Waals surface area contributed by atoms with Crippen molar-refractivity contribution in [3.63, 3.8) is 0 Å². The Kier molecular flexibility index (Phi) is 1.78. The summed E-state index contributed by atoms with van der Waals surface area (Å²) >= 11 is 0. The lowest BCUT2D eigenvalue weighted by atomic mass is 9.74. The van der Waals surface area contributed by atoms with Gasteiger partial charge in [0.15, 0.2) is 0 Å². The zero-order valence-electron chi connectivity index (χ0n) is 11.5. The highest BCUT2D eigenvalue weighted by Gasteiger charge is 2.69. The van der Waals surface area contributed by atoms with Crippen LogP contribution < -0.4 is 0 Å². The van der Waals surface area contributed by atoms with E-state index in [-0.39, 0.29) is 12.1 Å². The molecule has 4 atom stereocenters. The van der Waals surface area contributed by atoms with Crippen LogP contribution in [0.1, 0.15) is 51.4 Å². The van der Waals surface area contributed by atoms with Gasteiger partial charge in [0.1, 0.15) is 6.10 Å². The summed E-state index contributed by atoms with van der Waals surface area (Å²) < 4.78 is 5.83. The molecule has 0 amide bonds. The first-order valence-electron chi connectivity index (χ1n) is 8.05. The Labute approximate surface area is 114 Å². The van der Waals surface area contributed by atoms with E-state index < -0.39 is 0 Å². The Bertz CT molecular complexity index is 483. The molecule has 0 aromatic carbocycles. The van der Waals surface area contributed by atoms with Crippen molar-refractivity contribution >= 4 is 5.97 Å². The van der Waals surface area contributed by atoms with Gasteiger partial charge >= 0.3 is 5.97 Å². The smallest absolute Gasteiger partial charge is 0.334 e. The molecule has 1 aliphatic heterocycles. The lowest BCUT2D eigenvalue weighted by molar-refractivity contribution is -0.143. The molecule has 0 aromatic heterocycles. The van der Waals surface area contributed by atoms with Crippen LogP contribution in [0.4, 0.5) is 0 Å². The van der Waals surface area contributed by atoms with Crippen LogP contribution in [0.5, 0.6) is 0 Å². The Morgan fingerprint density at radius 2 is 1.68 bits per heavy atom. The van der Waals surface area contributed by atoms with E-state index in [9.17, 15) is 4.79 Å². The third-order valence-corrected chi connectivity index (χ3v) is 7.32. The maximum Gasteiger partial charge on any atom is 0.334 e. The Morgan fingerprint density at radius 1 is 1.00 bits per heavy atom. The predicted octanol–water partition coefficient (Wildman–Crippen LogP) is 3.46. The second kappa shape index (κ2) is 3.10. The summed E-state index contributed by atoms with van der Waals surface area (Å²) in [5.74, 6) is 1.77. The minimum absolute atomic E-state index is 0.0943. The van der Waals surface area contributed by atoms with Crippen molar-refractivity contribution in [2.45, 2.75) is 57.5 Å². The average molecular weight is 258 g/mol. The molecule has 1 saturated heterocycles. The van der Waals surface area contributed by atoms with Gasteiger partial charge in [0.05, 0.1) is 0 Å². The van der Waals surface area contributed by atoms with Crippen LogP contribution in [-0.4, -0.2) is 12.1 Å². The molecule has 1 heterocycles. The van der Waals surface area contributed by atoms with Crippen molar-refractivity contribution in [3.05, 3.63) is 12.2 Å². The zero-order chi connectivity index (χ0) is 12.8. The number of hydrogen-bond donors (Lipinski definition) is 0. The topological polar surface area (TPSA) is 26.3 Å². The van der Waals surface area contributed by atoms with E-state index in [0.717, 1.165) is 17.9 Å². The van der Waals surface area contributed by atoms with Crippen molar-refractivity contribution in [2.24, 2.45) is 28.6 Å². The maximum atomic E-state index is 11.9. The molecule has 4 aliphatic carbocycles. The van der Waals surface area contributed by atoms with E-state index in [1.165, 1.54) is 44.9 Å². The van der Waals surface area contributed by atoms with Crippen LogP contribution >= 0.6 is 0 Å². The summed E-state index contributed by atoms with van der Waals surface area (Å²) in [6.45, 7) is 4.04.